The third-order valence-electron chi connectivity index (χ3n) is 6.36. The van der Waals surface area contributed by atoms with Crippen LogP contribution in [0.15, 0.2) is 24.4 Å². The minimum absolute atomic E-state index is 0.176. The van der Waals surface area contributed by atoms with Gasteiger partial charge in [-0.25, -0.2) is 9.97 Å². The Morgan fingerprint density at radius 3 is 2.84 bits per heavy atom. The summed E-state index contributed by atoms with van der Waals surface area (Å²) in [5, 5.41) is 13.7. The van der Waals surface area contributed by atoms with Crippen molar-refractivity contribution in [3.63, 3.8) is 0 Å². The van der Waals surface area contributed by atoms with Crippen molar-refractivity contribution < 1.29 is 9.18 Å². The average Bonchev–Trinajstić information content (AvgIpc) is 3.30. The van der Waals surface area contributed by atoms with Crippen molar-refractivity contribution in [3.8, 4) is 0 Å². The molecule has 0 aromatic carbocycles. The SMILES string of the molecule is O=C(Nc1ccc(F)nc1)C1CCN1c1nc2c(c(Nc3cc(C4CC4)[nH]n3)n1)CCC2. The third-order valence-corrected chi connectivity index (χ3v) is 6.36. The molecule has 3 N–H and O–H groups in total. The van der Waals surface area contributed by atoms with Crippen LogP contribution < -0.4 is 15.5 Å². The molecule has 1 saturated carbocycles. The van der Waals surface area contributed by atoms with Crippen LogP contribution in [0, 0.1) is 5.95 Å². The maximum atomic E-state index is 13.0. The summed E-state index contributed by atoms with van der Waals surface area (Å²) in [6.07, 6.45) is 7.30. The van der Waals surface area contributed by atoms with Crippen molar-refractivity contribution in [1.29, 1.82) is 0 Å². The highest BCUT2D eigenvalue weighted by Gasteiger charge is 2.37. The van der Waals surface area contributed by atoms with Crippen LogP contribution in [0.4, 0.5) is 27.7 Å². The Labute approximate surface area is 183 Å². The summed E-state index contributed by atoms with van der Waals surface area (Å²) < 4.78 is 13.0. The molecule has 1 amide bonds. The van der Waals surface area contributed by atoms with Crippen LogP contribution in [0.1, 0.15) is 48.6 Å². The normalized spacial score (nSPS) is 19.4. The molecule has 3 aromatic heterocycles. The summed E-state index contributed by atoms with van der Waals surface area (Å²) in [4.78, 5) is 27.8. The number of carbonyl (C=O) groups excluding carboxylic acids is 1. The summed E-state index contributed by atoms with van der Waals surface area (Å²) in [7, 11) is 0. The number of aryl methyl sites for hydroxylation is 1. The number of amides is 1. The topological polar surface area (TPSA) is 112 Å². The summed E-state index contributed by atoms with van der Waals surface area (Å²) in [6, 6.07) is 4.40. The molecule has 3 aromatic rings. The van der Waals surface area contributed by atoms with Crippen LogP contribution in [0.3, 0.4) is 0 Å². The molecule has 3 aliphatic rings. The standard InChI is InChI=1S/C22H23FN8O/c23-18-7-6-13(11-24-18)25-21(32)17-8-9-31(17)22-26-15-3-1-2-14(15)20(28-22)27-19-10-16(29-30-19)12-4-5-12/h6-7,10-12,17H,1-5,8-9H2,(H,25,32)(H2,26,27,28,29,30). The fourth-order valence-corrected chi connectivity index (χ4v) is 4.35. The molecule has 1 unspecified atom stereocenters. The molecule has 164 valence electrons. The van der Waals surface area contributed by atoms with Gasteiger partial charge in [-0.05, 0) is 50.7 Å². The van der Waals surface area contributed by atoms with Crippen LogP contribution in [0.5, 0.6) is 0 Å². The van der Waals surface area contributed by atoms with Gasteiger partial charge in [-0.2, -0.15) is 14.5 Å². The number of nitrogens with one attached hydrogen (secondary N) is 3. The Bertz CT molecular complexity index is 1170. The van der Waals surface area contributed by atoms with E-state index in [1.165, 1.54) is 31.2 Å². The minimum atomic E-state index is -0.582. The van der Waals surface area contributed by atoms with Gasteiger partial charge in [0.1, 0.15) is 11.9 Å². The Kier molecular flexibility index (Phi) is 4.51. The monoisotopic (exact) mass is 434 g/mol. The van der Waals surface area contributed by atoms with Gasteiger partial charge in [0.25, 0.3) is 0 Å². The summed E-state index contributed by atoms with van der Waals surface area (Å²) in [5.74, 6) is 1.92. The number of aromatic amines is 1. The quantitative estimate of drug-likeness (QED) is 0.511. The fraction of sp³-hybridized carbons (Fsp3) is 0.409. The molecule has 9 nitrogen and oxygen atoms in total. The van der Waals surface area contributed by atoms with Crippen LogP contribution in [0.2, 0.25) is 0 Å². The number of aromatic nitrogens is 5. The number of nitrogens with zero attached hydrogens (tertiary/aromatic N) is 5. The Morgan fingerprint density at radius 2 is 2.09 bits per heavy atom. The summed E-state index contributed by atoms with van der Waals surface area (Å²) in [5.41, 5.74) is 3.78. The van der Waals surface area contributed by atoms with Crippen molar-refractivity contribution in [1.82, 2.24) is 25.1 Å². The van der Waals surface area contributed by atoms with E-state index in [0.29, 0.717) is 30.5 Å². The van der Waals surface area contributed by atoms with Crippen molar-refractivity contribution >= 4 is 29.2 Å². The molecule has 2 fully saturated rings. The molecule has 1 saturated heterocycles. The van der Waals surface area contributed by atoms with Gasteiger partial charge in [-0.15, -0.1) is 0 Å². The number of hydrogen-bond acceptors (Lipinski definition) is 7. The molecule has 10 heteroatoms. The molecule has 0 spiro atoms. The van der Waals surface area contributed by atoms with Crippen molar-refractivity contribution in [2.24, 2.45) is 0 Å². The van der Waals surface area contributed by atoms with Crippen molar-refractivity contribution in [2.45, 2.75) is 50.5 Å². The molecule has 0 radical (unpaired) electrons. The van der Waals surface area contributed by atoms with Crippen LogP contribution in [-0.4, -0.2) is 43.6 Å². The average molecular weight is 434 g/mol. The van der Waals surface area contributed by atoms with E-state index < -0.39 is 5.95 Å². The van der Waals surface area contributed by atoms with E-state index in [1.54, 1.807) is 0 Å². The van der Waals surface area contributed by atoms with Gasteiger partial charge in [-0.3, -0.25) is 9.89 Å². The lowest BCUT2D eigenvalue weighted by molar-refractivity contribution is -0.118. The first-order chi connectivity index (χ1) is 15.6. The predicted octanol–water partition coefficient (Wildman–Crippen LogP) is 3.06. The van der Waals surface area contributed by atoms with Gasteiger partial charge in [0.2, 0.25) is 17.8 Å². The Balaban J connectivity index is 1.22. The number of carbonyl (C=O) groups is 1. The van der Waals surface area contributed by atoms with E-state index in [4.69, 9.17) is 9.97 Å². The predicted molar refractivity (Wildman–Crippen MR) is 116 cm³/mol. The second-order valence-corrected chi connectivity index (χ2v) is 8.62. The highest BCUT2D eigenvalue weighted by molar-refractivity contribution is 5.97. The van der Waals surface area contributed by atoms with E-state index in [2.05, 4.69) is 31.9 Å². The van der Waals surface area contributed by atoms with Gasteiger partial charge < -0.3 is 15.5 Å². The van der Waals surface area contributed by atoms with Gasteiger partial charge in [-0.1, -0.05) is 0 Å². The van der Waals surface area contributed by atoms with Gasteiger partial charge in [0.05, 0.1) is 17.6 Å². The first kappa shape index (κ1) is 19.1. The van der Waals surface area contributed by atoms with E-state index >= 15 is 0 Å². The number of H-pyrrole nitrogens is 1. The molecular formula is C22H23FN8O. The molecular weight excluding hydrogens is 411 g/mol. The molecule has 6 rings (SSSR count). The number of pyridine rings is 1. The summed E-state index contributed by atoms with van der Waals surface area (Å²) >= 11 is 0. The molecule has 2 aliphatic carbocycles. The number of anilines is 4. The lowest BCUT2D eigenvalue weighted by atomic mass is 10.0. The zero-order chi connectivity index (χ0) is 21.7. The highest BCUT2D eigenvalue weighted by Crippen LogP contribution is 2.40. The van der Waals surface area contributed by atoms with Crippen LogP contribution in [0.25, 0.3) is 0 Å². The number of fused-ring (bicyclic) bond motifs is 1. The lowest BCUT2D eigenvalue weighted by Gasteiger charge is -2.40. The van der Waals surface area contributed by atoms with E-state index in [1.807, 2.05) is 4.90 Å². The maximum absolute atomic E-state index is 13.0. The highest BCUT2D eigenvalue weighted by atomic mass is 19.1. The van der Waals surface area contributed by atoms with Gasteiger partial charge in [0.15, 0.2) is 5.82 Å². The maximum Gasteiger partial charge on any atom is 0.247 e. The first-order valence-corrected chi connectivity index (χ1v) is 11.1. The molecule has 1 aliphatic heterocycles. The lowest BCUT2D eigenvalue weighted by Crippen LogP contribution is -2.55. The largest absolute Gasteiger partial charge is 0.329 e. The van der Waals surface area contributed by atoms with Crippen LogP contribution in [-0.2, 0) is 17.6 Å². The second-order valence-electron chi connectivity index (χ2n) is 8.62. The zero-order valence-electron chi connectivity index (χ0n) is 17.4. The molecule has 32 heavy (non-hydrogen) atoms. The van der Waals surface area contributed by atoms with E-state index in [-0.39, 0.29) is 11.9 Å². The zero-order valence-corrected chi connectivity index (χ0v) is 17.4. The van der Waals surface area contributed by atoms with Crippen molar-refractivity contribution in [3.05, 3.63) is 47.3 Å². The minimum Gasteiger partial charge on any atom is -0.329 e. The second kappa shape index (κ2) is 7.54. The van der Waals surface area contributed by atoms with E-state index in [9.17, 15) is 9.18 Å². The smallest absolute Gasteiger partial charge is 0.247 e. The Morgan fingerprint density at radius 1 is 1.19 bits per heavy atom. The van der Waals surface area contributed by atoms with E-state index in [0.717, 1.165) is 47.8 Å². The Hall–Kier alpha value is -3.56. The van der Waals surface area contributed by atoms with Crippen LogP contribution >= 0.6 is 0 Å². The third kappa shape index (κ3) is 3.55. The fourth-order valence-electron chi connectivity index (χ4n) is 4.35. The van der Waals surface area contributed by atoms with Gasteiger partial charge >= 0.3 is 0 Å². The number of hydrogen-bond donors (Lipinski definition) is 3. The molecule has 0 bridgehead atoms. The van der Waals surface area contributed by atoms with Gasteiger partial charge in [0, 0.05) is 29.8 Å². The number of halogens is 1. The summed E-state index contributed by atoms with van der Waals surface area (Å²) in [6.45, 7) is 0.701. The molecule has 1 atom stereocenters. The van der Waals surface area contributed by atoms with Crippen molar-refractivity contribution in [2.75, 3.05) is 22.1 Å². The first-order valence-electron chi connectivity index (χ1n) is 11.1. The molecule has 4 heterocycles. The number of rotatable bonds is 6.